The van der Waals surface area contributed by atoms with E-state index in [2.05, 4.69) is 19.8 Å². The van der Waals surface area contributed by atoms with E-state index in [4.69, 9.17) is 5.14 Å². The van der Waals surface area contributed by atoms with Gasteiger partial charge in [-0.05, 0) is 43.7 Å². The summed E-state index contributed by atoms with van der Waals surface area (Å²) >= 11 is 0. The number of hydrogen-bond donors (Lipinski definition) is 1. The van der Waals surface area contributed by atoms with Crippen LogP contribution in [-0.2, 0) is 10.0 Å². The number of sulfonamides is 1. The minimum Gasteiger partial charge on any atom is -0.368 e. The second-order valence-corrected chi connectivity index (χ2v) is 7.51. The molecule has 1 fully saturated rings. The second-order valence-electron chi connectivity index (χ2n) is 5.95. The number of aryl methyl sites for hydroxylation is 2. The second kappa shape index (κ2) is 6.37. The molecule has 1 aromatic carbocycles. The molecule has 0 radical (unpaired) electrons. The van der Waals surface area contributed by atoms with Gasteiger partial charge in [0.1, 0.15) is 0 Å². The fourth-order valence-electron chi connectivity index (χ4n) is 2.68. The van der Waals surface area contributed by atoms with E-state index in [0.717, 1.165) is 49.1 Å². The molecule has 2 aromatic rings. The lowest BCUT2D eigenvalue weighted by atomic mass is 10.2. The summed E-state index contributed by atoms with van der Waals surface area (Å²) < 4.78 is 22.6. The summed E-state index contributed by atoms with van der Waals surface area (Å²) in [6.45, 7) is 7.28. The van der Waals surface area contributed by atoms with E-state index in [9.17, 15) is 8.42 Å². The van der Waals surface area contributed by atoms with E-state index < -0.39 is 10.0 Å². The third-order valence-corrected chi connectivity index (χ3v) is 5.23. The minimum atomic E-state index is -3.65. The van der Waals surface area contributed by atoms with Crippen LogP contribution in [0.1, 0.15) is 11.3 Å². The Bertz CT molecular complexity index is 828. The highest BCUT2D eigenvalue weighted by Gasteiger charge is 2.20. The van der Waals surface area contributed by atoms with Gasteiger partial charge in [-0.2, -0.15) is 0 Å². The summed E-state index contributed by atoms with van der Waals surface area (Å²) in [7, 11) is -3.65. The Morgan fingerprint density at radius 3 is 2.12 bits per heavy atom. The predicted octanol–water partition coefficient (Wildman–Crippen LogP) is 1.07. The number of aromatic nitrogens is 2. The van der Waals surface area contributed by atoms with Crippen LogP contribution in [0, 0.1) is 13.8 Å². The first-order valence-electron chi connectivity index (χ1n) is 7.77. The molecule has 7 nitrogen and oxygen atoms in total. The molecule has 0 aliphatic carbocycles. The molecule has 1 aliphatic heterocycles. The first-order valence-corrected chi connectivity index (χ1v) is 9.32. The maximum absolute atomic E-state index is 11.3. The van der Waals surface area contributed by atoms with Crippen molar-refractivity contribution in [3.8, 4) is 0 Å². The van der Waals surface area contributed by atoms with E-state index in [1.54, 1.807) is 24.3 Å². The summed E-state index contributed by atoms with van der Waals surface area (Å²) in [5.74, 6) is 0.766. The zero-order valence-electron chi connectivity index (χ0n) is 13.8. The standard InChI is InChI=1S/C16H21N5O2S/c1-12-11-18-16(19-13(12)2)21-9-7-20(8-10-21)14-3-5-15(6-4-14)24(17,22)23/h3-6,11H,7-10H2,1-2H3,(H2,17,22,23). The van der Waals surface area contributed by atoms with Crippen molar-refractivity contribution in [2.75, 3.05) is 36.0 Å². The lowest BCUT2D eigenvalue weighted by Gasteiger charge is -2.36. The van der Waals surface area contributed by atoms with Crippen LogP contribution in [0.25, 0.3) is 0 Å². The zero-order chi connectivity index (χ0) is 17.3. The molecule has 0 spiro atoms. The van der Waals surface area contributed by atoms with Gasteiger partial charge in [0.15, 0.2) is 0 Å². The highest BCUT2D eigenvalue weighted by Crippen LogP contribution is 2.20. The average molecular weight is 347 g/mol. The Morgan fingerprint density at radius 2 is 1.58 bits per heavy atom. The smallest absolute Gasteiger partial charge is 0.238 e. The van der Waals surface area contributed by atoms with Crippen LogP contribution >= 0.6 is 0 Å². The number of rotatable bonds is 3. The van der Waals surface area contributed by atoms with Crippen LogP contribution in [-0.4, -0.2) is 44.6 Å². The van der Waals surface area contributed by atoms with Crippen LogP contribution < -0.4 is 14.9 Å². The van der Waals surface area contributed by atoms with Gasteiger partial charge in [0.05, 0.1) is 4.90 Å². The van der Waals surface area contributed by atoms with Gasteiger partial charge in [-0.25, -0.2) is 23.5 Å². The summed E-state index contributed by atoms with van der Waals surface area (Å²) in [5.41, 5.74) is 3.08. The lowest BCUT2D eigenvalue weighted by molar-refractivity contribution is 0.597. The molecule has 0 saturated carbocycles. The summed E-state index contributed by atoms with van der Waals surface area (Å²) in [5, 5.41) is 5.13. The third kappa shape index (κ3) is 3.49. The van der Waals surface area contributed by atoms with Gasteiger partial charge in [0.2, 0.25) is 16.0 Å². The molecule has 8 heteroatoms. The van der Waals surface area contributed by atoms with Crippen molar-refractivity contribution in [1.29, 1.82) is 0 Å². The molecule has 24 heavy (non-hydrogen) atoms. The molecule has 2 N–H and O–H groups in total. The molecule has 1 aromatic heterocycles. The molecule has 3 rings (SSSR count). The Morgan fingerprint density at radius 1 is 1.00 bits per heavy atom. The van der Waals surface area contributed by atoms with Gasteiger partial charge in [0, 0.05) is 43.8 Å². The summed E-state index contributed by atoms with van der Waals surface area (Å²) in [6, 6.07) is 6.68. The largest absolute Gasteiger partial charge is 0.368 e. The molecule has 0 unspecified atom stereocenters. The fourth-order valence-corrected chi connectivity index (χ4v) is 3.19. The van der Waals surface area contributed by atoms with Crippen molar-refractivity contribution in [1.82, 2.24) is 9.97 Å². The first kappa shape index (κ1) is 16.7. The fraction of sp³-hybridized carbons (Fsp3) is 0.375. The highest BCUT2D eigenvalue weighted by molar-refractivity contribution is 7.89. The van der Waals surface area contributed by atoms with Crippen molar-refractivity contribution >= 4 is 21.7 Å². The molecule has 0 bridgehead atoms. The van der Waals surface area contributed by atoms with E-state index >= 15 is 0 Å². The van der Waals surface area contributed by atoms with Crippen molar-refractivity contribution in [3.63, 3.8) is 0 Å². The van der Waals surface area contributed by atoms with E-state index in [-0.39, 0.29) is 4.90 Å². The average Bonchev–Trinajstić information content (AvgIpc) is 2.57. The monoisotopic (exact) mass is 347 g/mol. The first-order chi connectivity index (χ1) is 11.3. The Balaban J connectivity index is 1.67. The van der Waals surface area contributed by atoms with E-state index in [1.165, 1.54) is 0 Å². The molecular weight excluding hydrogens is 326 g/mol. The summed E-state index contributed by atoms with van der Waals surface area (Å²) in [4.78, 5) is 13.5. The molecule has 2 heterocycles. The van der Waals surface area contributed by atoms with Crippen LogP contribution in [0.4, 0.5) is 11.6 Å². The van der Waals surface area contributed by atoms with E-state index in [0.29, 0.717) is 0 Å². The number of primary sulfonamides is 1. The quantitative estimate of drug-likeness (QED) is 0.893. The van der Waals surface area contributed by atoms with Crippen molar-refractivity contribution < 1.29 is 8.42 Å². The van der Waals surface area contributed by atoms with Gasteiger partial charge in [-0.3, -0.25) is 0 Å². The van der Waals surface area contributed by atoms with E-state index in [1.807, 2.05) is 20.0 Å². The Labute approximate surface area is 142 Å². The third-order valence-electron chi connectivity index (χ3n) is 4.30. The SMILES string of the molecule is Cc1cnc(N2CCN(c3ccc(S(N)(=O)=O)cc3)CC2)nc1C. The topological polar surface area (TPSA) is 92.4 Å². The van der Waals surface area contributed by atoms with Crippen molar-refractivity contribution in [2.45, 2.75) is 18.7 Å². The molecule has 0 atom stereocenters. The van der Waals surface area contributed by atoms with Gasteiger partial charge < -0.3 is 9.80 Å². The van der Waals surface area contributed by atoms with Gasteiger partial charge in [0.25, 0.3) is 0 Å². The van der Waals surface area contributed by atoms with Crippen LogP contribution in [0.3, 0.4) is 0 Å². The summed E-state index contributed by atoms with van der Waals surface area (Å²) in [6.07, 6.45) is 1.86. The number of hydrogen-bond acceptors (Lipinski definition) is 6. The van der Waals surface area contributed by atoms with Gasteiger partial charge in [-0.1, -0.05) is 0 Å². The number of nitrogens with zero attached hydrogens (tertiary/aromatic N) is 4. The van der Waals surface area contributed by atoms with Crippen LogP contribution in [0.5, 0.6) is 0 Å². The maximum atomic E-state index is 11.3. The predicted molar refractivity (Wildman–Crippen MR) is 93.7 cm³/mol. The Hall–Kier alpha value is -2.19. The number of anilines is 2. The zero-order valence-corrected chi connectivity index (χ0v) is 14.6. The minimum absolute atomic E-state index is 0.133. The molecule has 1 saturated heterocycles. The number of piperazine rings is 1. The van der Waals surface area contributed by atoms with Crippen molar-refractivity contribution in [3.05, 3.63) is 41.7 Å². The lowest BCUT2D eigenvalue weighted by Crippen LogP contribution is -2.47. The Kier molecular flexibility index (Phi) is 4.42. The maximum Gasteiger partial charge on any atom is 0.238 e. The number of benzene rings is 1. The van der Waals surface area contributed by atoms with Crippen LogP contribution in [0.2, 0.25) is 0 Å². The molecule has 0 amide bonds. The molecule has 128 valence electrons. The molecular formula is C16H21N5O2S. The normalized spacial score (nSPS) is 15.6. The van der Waals surface area contributed by atoms with Crippen molar-refractivity contribution in [2.24, 2.45) is 5.14 Å². The van der Waals surface area contributed by atoms with Crippen LogP contribution in [0.15, 0.2) is 35.4 Å². The number of nitrogens with two attached hydrogens (primary N) is 1. The highest BCUT2D eigenvalue weighted by atomic mass is 32.2. The van der Waals surface area contributed by atoms with Gasteiger partial charge in [-0.15, -0.1) is 0 Å². The van der Waals surface area contributed by atoms with Gasteiger partial charge >= 0.3 is 0 Å². The molecule has 1 aliphatic rings.